The van der Waals surface area contributed by atoms with Gasteiger partial charge in [-0.25, -0.2) is 4.68 Å². The fraction of sp³-hybridized carbons (Fsp3) is 0.308. The van der Waals surface area contributed by atoms with Crippen LogP contribution in [0, 0.1) is 0 Å². The van der Waals surface area contributed by atoms with Crippen molar-refractivity contribution in [1.82, 2.24) is 14.7 Å². The SMILES string of the molecule is CN(Cc1ccccc1NC(=O)C=Cc1cnn(-c2ccccc2)c1)C1CCCCC1. The summed E-state index contributed by atoms with van der Waals surface area (Å²) >= 11 is 0. The van der Waals surface area contributed by atoms with Gasteiger partial charge < -0.3 is 5.32 Å². The Labute approximate surface area is 184 Å². The number of carbonyl (C=O) groups excluding carboxylic acids is 1. The van der Waals surface area contributed by atoms with E-state index >= 15 is 0 Å². The van der Waals surface area contributed by atoms with Crippen molar-refractivity contribution in [2.45, 2.75) is 44.7 Å². The Morgan fingerprint density at radius 2 is 1.84 bits per heavy atom. The minimum atomic E-state index is -0.139. The number of benzene rings is 2. The number of aromatic nitrogens is 2. The van der Waals surface area contributed by atoms with Gasteiger partial charge in [0.2, 0.25) is 5.91 Å². The van der Waals surface area contributed by atoms with E-state index in [0.717, 1.165) is 29.0 Å². The van der Waals surface area contributed by atoms with Crippen LogP contribution >= 0.6 is 0 Å². The Bertz CT molecular complexity index is 1020. The molecule has 1 aliphatic rings. The molecule has 160 valence electrons. The zero-order valence-electron chi connectivity index (χ0n) is 18.1. The van der Waals surface area contributed by atoms with Gasteiger partial charge in [-0.3, -0.25) is 9.69 Å². The highest BCUT2D eigenvalue weighted by atomic mass is 16.1. The molecule has 5 heteroatoms. The van der Waals surface area contributed by atoms with E-state index in [0.29, 0.717) is 6.04 Å². The molecule has 31 heavy (non-hydrogen) atoms. The lowest BCUT2D eigenvalue weighted by Gasteiger charge is -2.31. The van der Waals surface area contributed by atoms with Gasteiger partial charge in [-0.15, -0.1) is 0 Å². The highest BCUT2D eigenvalue weighted by molar-refractivity contribution is 6.02. The molecule has 0 bridgehead atoms. The maximum atomic E-state index is 12.6. The molecule has 0 saturated heterocycles. The average molecular weight is 415 g/mol. The van der Waals surface area contributed by atoms with Crippen LogP contribution in [0.2, 0.25) is 0 Å². The van der Waals surface area contributed by atoms with Crippen molar-refractivity contribution in [1.29, 1.82) is 0 Å². The number of nitrogens with zero attached hydrogens (tertiary/aromatic N) is 3. The van der Waals surface area contributed by atoms with Gasteiger partial charge >= 0.3 is 0 Å². The lowest BCUT2D eigenvalue weighted by Crippen LogP contribution is -2.33. The summed E-state index contributed by atoms with van der Waals surface area (Å²) in [5.74, 6) is -0.139. The van der Waals surface area contributed by atoms with Crippen molar-refractivity contribution in [2.24, 2.45) is 0 Å². The van der Waals surface area contributed by atoms with Crippen molar-refractivity contribution >= 4 is 17.7 Å². The Balaban J connectivity index is 1.38. The number of nitrogens with one attached hydrogen (secondary N) is 1. The van der Waals surface area contributed by atoms with Gasteiger partial charge in [0.15, 0.2) is 0 Å². The van der Waals surface area contributed by atoms with Gasteiger partial charge in [-0.1, -0.05) is 55.7 Å². The molecule has 4 rings (SSSR count). The van der Waals surface area contributed by atoms with Crippen molar-refractivity contribution in [3.05, 3.63) is 84.2 Å². The standard InChI is InChI=1S/C26H30N4O/c1-29(23-11-4-2-5-12-23)20-22-10-8-9-15-25(22)28-26(31)17-16-21-18-27-30(19-21)24-13-6-3-7-14-24/h3,6-10,13-19,23H,2,4-5,11-12,20H2,1H3,(H,28,31). The van der Waals surface area contributed by atoms with Gasteiger partial charge in [0.25, 0.3) is 0 Å². The number of amides is 1. The van der Waals surface area contributed by atoms with E-state index in [-0.39, 0.29) is 5.91 Å². The zero-order chi connectivity index (χ0) is 21.5. The minimum absolute atomic E-state index is 0.139. The molecule has 3 aromatic rings. The van der Waals surface area contributed by atoms with Crippen molar-refractivity contribution in [3.63, 3.8) is 0 Å². The number of carbonyl (C=O) groups is 1. The molecule has 5 nitrogen and oxygen atoms in total. The maximum absolute atomic E-state index is 12.6. The molecule has 0 unspecified atom stereocenters. The third-order valence-electron chi connectivity index (χ3n) is 5.94. The number of hydrogen-bond donors (Lipinski definition) is 1. The smallest absolute Gasteiger partial charge is 0.248 e. The normalized spacial score (nSPS) is 14.9. The van der Waals surface area contributed by atoms with E-state index in [9.17, 15) is 4.79 Å². The first-order valence-electron chi connectivity index (χ1n) is 11.1. The quantitative estimate of drug-likeness (QED) is 0.535. The lowest BCUT2D eigenvalue weighted by molar-refractivity contribution is -0.111. The highest BCUT2D eigenvalue weighted by Crippen LogP contribution is 2.25. The van der Waals surface area contributed by atoms with Crippen LogP contribution in [0.25, 0.3) is 11.8 Å². The van der Waals surface area contributed by atoms with E-state index < -0.39 is 0 Å². The van der Waals surface area contributed by atoms with E-state index in [1.807, 2.05) is 54.7 Å². The van der Waals surface area contributed by atoms with Gasteiger partial charge in [0.05, 0.1) is 11.9 Å². The number of anilines is 1. The van der Waals surface area contributed by atoms with Crippen LogP contribution in [0.3, 0.4) is 0 Å². The van der Waals surface area contributed by atoms with Gasteiger partial charge in [-0.2, -0.15) is 5.10 Å². The lowest BCUT2D eigenvalue weighted by atomic mass is 9.94. The van der Waals surface area contributed by atoms with E-state index in [2.05, 4.69) is 28.4 Å². The summed E-state index contributed by atoms with van der Waals surface area (Å²) in [6, 6.07) is 18.6. The first-order valence-corrected chi connectivity index (χ1v) is 11.1. The third-order valence-corrected chi connectivity index (χ3v) is 5.94. The topological polar surface area (TPSA) is 50.2 Å². The van der Waals surface area contributed by atoms with Crippen LogP contribution in [0.5, 0.6) is 0 Å². The molecule has 0 aliphatic heterocycles. The first kappa shape index (κ1) is 21.1. The Hall–Kier alpha value is -3.18. The van der Waals surface area contributed by atoms with Crippen LogP contribution in [0.4, 0.5) is 5.69 Å². The van der Waals surface area contributed by atoms with Gasteiger partial charge in [-0.05, 0) is 49.7 Å². The molecule has 0 atom stereocenters. The molecule has 1 heterocycles. The van der Waals surface area contributed by atoms with Crippen LogP contribution in [-0.2, 0) is 11.3 Å². The molecule has 1 aromatic heterocycles. The van der Waals surface area contributed by atoms with Crippen molar-refractivity contribution in [2.75, 3.05) is 12.4 Å². The summed E-state index contributed by atoms with van der Waals surface area (Å²) in [6.45, 7) is 0.842. The average Bonchev–Trinajstić information content (AvgIpc) is 3.29. The third kappa shape index (κ3) is 5.70. The first-order chi connectivity index (χ1) is 15.2. The molecule has 1 fully saturated rings. The van der Waals surface area contributed by atoms with Crippen molar-refractivity contribution < 1.29 is 4.79 Å². The molecule has 2 aromatic carbocycles. The summed E-state index contributed by atoms with van der Waals surface area (Å²) in [5, 5.41) is 7.42. The number of rotatable bonds is 7. The summed E-state index contributed by atoms with van der Waals surface area (Å²) < 4.78 is 1.80. The fourth-order valence-corrected chi connectivity index (χ4v) is 4.19. The molecular formula is C26H30N4O. The second-order valence-corrected chi connectivity index (χ2v) is 8.24. The van der Waals surface area contributed by atoms with Crippen LogP contribution < -0.4 is 5.32 Å². The summed E-state index contributed by atoms with van der Waals surface area (Å²) in [7, 11) is 2.19. The molecule has 1 aliphatic carbocycles. The summed E-state index contributed by atoms with van der Waals surface area (Å²) in [4.78, 5) is 15.0. The molecular weight excluding hydrogens is 384 g/mol. The molecule has 1 amide bonds. The largest absolute Gasteiger partial charge is 0.322 e. The van der Waals surface area contributed by atoms with Gasteiger partial charge in [0, 0.05) is 36.1 Å². The number of hydrogen-bond acceptors (Lipinski definition) is 3. The van der Waals surface area contributed by atoms with E-state index in [4.69, 9.17) is 0 Å². The van der Waals surface area contributed by atoms with Gasteiger partial charge in [0.1, 0.15) is 0 Å². The molecule has 0 radical (unpaired) electrons. The predicted octanol–water partition coefficient (Wildman–Crippen LogP) is 5.29. The van der Waals surface area contributed by atoms with E-state index in [1.54, 1.807) is 23.0 Å². The van der Waals surface area contributed by atoms with E-state index in [1.165, 1.54) is 32.1 Å². The molecule has 1 saturated carbocycles. The zero-order valence-corrected chi connectivity index (χ0v) is 18.1. The second kappa shape index (κ2) is 10.2. The number of para-hydroxylation sites is 2. The predicted molar refractivity (Wildman–Crippen MR) is 126 cm³/mol. The van der Waals surface area contributed by atoms with Crippen LogP contribution in [0.1, 0.15) is 43.2 Å². The Morgan fingerprint density at radius 3 is 2.65 bits per heavy atom. The Kier molecular flexibility index (Phi) is 6.95. The molecule has 0 spiro atoms. The summed E-state index contributed by atoms with van der Waals surface area (Å²) in [6.07, 6.45) is 13.5. The minimum Gasteiger partial charge on any atom is -0.322 e. The van der Waals surface area contributed by atoms with Crippen molar-refractivity contribution in [3.8, 4) is 5.69 Å². The monoisotopic (exact) mass is 414 g/mol. The highest BCUT2D eigenvalue weighted by Gasteiger charge is 2.19. The fourth-order valence-electron chi connectivity index (χ4n) is 4.19. The van der Waals surface area contributed by atoms with Crippen LogP contribution in [-0.4, -0.2) is 33.7 Å². The maximum Gasteiger partial charge on any atom is 0.248 e. The summed E-state index contributed by atoms with van der Waals surface area (Å²) in [5.41, 5.74) is 3.89. The Morgan fingerprint density at radius 1 is 1.10 bits per heavy atom. The second-order valence-electron chi connectivity index (χ2n) is 8.24. The van der Waals surface area contributed by atoms with Crippen LogP contribution in [0.15, 0.2) is 73.1 Å². The molecule has 1 N–H and O–H groups in total.